The van der Waals surface area contributed by atoms with Gasteiger partial charge in [-0.2, -0.15) is 0 Å². The van der Waals surface area contributed by atoms with Crippen molar-refractivity contribution in [1.29, 1.82) is 0 Å². The van der Waals surface area contributed by atoms with Gasteiger partial charge in [-0.05, 0) is 55.2 Å². The molecule has 4 nitrogen and oxygen atoms in total. The summed E-state index contributed by atoms with van der Waals surface area (Å²) in [6.07, 6.45) is 4.03. The van der Waals surface area contributed by atoms with Crippen molar-refractivity contribution in [3.05, 3.63) is 95.5 Å². The summed E-state index contributed by atoms with van der Waals surface area (Å²) in [5, 5.41) is 3.83. The number of ether oxygens (including phenoxy) is 1. The van der Waals surface area contributed by atoms with Gasteiger partial charge in [-0.3, -0.25) is 4.79 Å². The van der Waals surface area contributed by atoms with Gasteiger partial charge in [0, 0.05) is 34.7 Å². The zero-order chi connectivity index (χ0) is 23.4. The molecule has 5 heteroatoms. The molecule has 3 aromatic carbocycles. The van der Waals surface area contributed by atoms with E-state index >= 15 is 0 Å². The van der Waals surface area contributed by atoms with Crippen LogP contribution < -0.4 is 10.1 Å². The molecule has 0 radical (unpaired) electrons. The first-order chi connectivity index (χ1) is 16.0. The predicted octanol–water partition coefficient (Wildman–Crippen LogP) is 6.32. The summed E-state index contributed by atoms with van der Waals surface area (Å²) in [5.41, 5.74) is 6.02. The van der Waals surface area contributed by atoms with E-state index in [1.165, 1.54) is 17.7 Å². The molecular weight excluding hydrogens is 417 g/mol. The minimum absolute atomic E-state index is 0.158. The van der Waals surface area contributed by atoms with E-state index in [-0.39, 0.29) is 11.7 Å². The Hall–Kier alpha value is -3.86. The SMILES string of the molecule is COc1c(/C(C)=C/C(=O)NCCc2ccccc2)cc2c(-c3ccc(F)cc3)coc2c1C. The molecule has 0 aliphatic rings. The summed E-state index contributed by atoms with van der Waals surface area (Å²) in [7, 11) is 1.61. The maximum Gasteiger partial charge on any atom is 0.244 e. The number of hydrogen-bond acceptors (Lipinski definition) is 3. The van der Waals surface area contributed by atoms with Crippen molar-refractivity contribution in [3.63, 3.8) is 0 Å². The molecule has 1 aromatic heterocycles. The fraction of sp³-hybridized carbons (Fsp3) is 0.179. The smallest absolute Gasteiger partial charge is 0.244 e. The maximum absolute atomic E-state index is 13.4. The van der Waals surface area contributed by atoms with Gasteiger partial charge in [0.25, 0.3) is 0 Å². The van der Waals surface area contributed by atoms with Gasteiger partial charge < -0.3 is 14.5 Å². The van der Waals surface area contributed by atoms with Gasteiger partial charge >= 0.3 is 0 Å². The Morgan fingerprint density at radius 3 is 2.55 bits per heavy atom. The molecule has 0 saturated heterocycles. The van der Waals surface area contributed by atoms with Gasteiger partial charge in [0.15, 0.2) is 0 Å². The second-order valence-corrected chi connectivity index (χ2v) is 7.97. The third kappa shape index (κ3) is 4.82. The summed E-state index contributed by atoms with van der Waals surface area (Å²) in [4.78, 5) is 12.6. The van der Waals surface area contributed by atoms with E-state index in [4.69, 9.17) is 9.15 Å². The Bertz CT molecular complexity index is 1300. The summed E-state index contributed by atoms with van der Waals surface area (Å²) in [6, 6.07) is 18.3. The molecule has 1 amide bonds. The first-order valence-corrected chi connectivity index (χ1v) is 10.8. The number of benzene rings is 3. The van der Waals surface area contributed by atoms with E-state index < -0.39 is 0 Å². The van der Waals surface area contributed by atoms with Crippen molar-refractivity contribution in [2.75, 3.05) is 13.7 Å². The second kappa shape index (κ2) is 9.74. The normalized spacial score (nSPS) is 11.6. The van der Waals surface area contributed by atoms with Crippen LogP contribution in [0.5, 0.6) is 5.75 Å². The average Bonchev–Trinajstić information content (AvgIpc) is 3.24. The van der Waals surface area contributed by atoms with Crippen molar-refractivity contribution in [3.8, 4) is 16.9 Å². The molecule has 168 valence electrons. The molecule has 1 N–H and O–H groups in total. The van der Waals surface area contributed by atoms with Crippen LogP contribution >= 0.6 is 0 Å². The largest absolute Gasteiger partial charge is 0.496 e. The van der Waals surface area contributed by atoms with Crippen molar-refractivity contribution in [1.82, 2.24) is 5.32 Å². The fourth-order valence-corrected chi connectivity index (χ4v) is 4.02. The lowest BCUT2D eigenvalue weighted by Gasteiger charge is -2.13. The molecule has 4 rings (SSSR count). The lowest BCUT2D eigenvalue weighted by atomic mass is 9.96. The molecule has 1 heterocycles. The van der Waals surface area contributed by atoms with Gasteiger partial charge in [-0.15, -0.1) is 0 Å². The van der Waals surface area contributed by atoms with E-state index in [9.17, 15) is 9.18 Å². The molecule has 0 fully saturated rings. The van der Waals surface area contributed by atoms with Crippen molar-refractivity contribution < 1.29 is 18.3 Å². The second-order valence-electron chi connectivity index (χ2n) is 7.97. The zero-order valence-corrected chi connectivity index (χ0v) is 18.9. The van der Waals surface area contributed by atoms with Crippen LogP contribution in [0, 0.1) is 12.7 Å². The molecule has 33 heavy (non-hydrogen) atoms. The van der Waals surface area contributed by atoms with Gasteiger partial charge in [-0.1, -0.05) is 42.5 Å². The Morgan fingerprint density at radius 1 is 1.12 bits per heavy atom. The first kappa shape index (κ1) is 22.3. The number of carbonyl (C=O) groups excluding carboxylic acids is 1. The standard InChI is InChI=1S/C28H26FNO3/c1-18(15-26(31)30-14-13-20-7-5-4-6-8-20)23-16-24-25(21-9-11-22(29)12-10-21)17-33-28(24)19(2)27(23)32-3/h4-12,15-17H,13-14H2,1-3H3,(H,30,31)/b18-15+. The Kier molecular flexibility index (Phi) is 6.59. The predicted molar refractivity (Wildman–Crippen MR) is 130 cm³/mol. The number of nitrogens with one attached hydrogen (secondary N) is 1. The molecule has 0 unspecified atom stereocenters. The monoisotopic (exact) mass is 443 g/mol. The van der Waals surface area contributed by atoms with E-state index in [0.29, 0.717) is 17.9 Å². The number of methoxy groups -OCH3 is 1. The minimum Gasteiger partial charge on any atom is -0.496 e. The van der Waals surface area contributed by atoms with Crippen LogP contribution in [0.1, 0.15) is 23.6 Å². The number of carbonyl (C=O) groups is 1. The van der Waals surface area contributed by atoms with E-state index in [1.807, 2.05) is 50.2 Å². The fourth-order valence-electron chi connectivity index (χ4n) is 4.02. The topological polar surface area (TPSA) is 51.5 Å². The van der Waals surface area contributed by atoms with E-state index in [2.05, 4.69) is 5.32 Å². The molecule has 4 aromatic rings. The number of furan rings is 1. The number of hydrogen-bond donors (Lipinski definition) is 1. The number of fused-ring (bicyclic) bond motifs is 1. The van der Waals surface area contributed by atoms with Gasteiger partial charge in [0.1, 0.15) is 17.1 Å². The first-order valence-electron chi connectivity index (χ1n) is 10.8. The summed E-state index contributed by atoms with van der Waals surface area (Å²) in [5.74, 6) is 0.213. The molecule has 0 spiro atoms. The third-order valence-electron chi connectivity index (χ3n) is 5.73. The van der Waals surface area contributed by atoms with Crippen molar-refractivity contribution in [2.45, 2.75) is 20.3 Å². The summed E-state index contributed by atoms with van der Waals surface area (Å²) >= 11 is 0. The van der Waals surface area contributed by atoms with Crippen LogP contribution in [0.4, 0.5) is 4.39 Å². The number of amides is 1. The van der Waals surface area contributed by atoms with Crippen LogP contribution in [0.3, 0.4) is 0 Å². The third-order valence-corrected chi connectivity index (χ3v) is 5.73. The van der Waals surface area contributed by atoms with Crippen molar-refractivity contribution in [2.24, 2.45) is 0 Å². The Morgan fingerprint density at radius 2 is 1.85 bits per heavy atom. The van der Waals surface area contributed by atoms with Crippen LogP contribution in [-0.4, -0.2) is 19.6 Å². The van der Waals surface area contributed by atoms with Crippen molar-refractivity contribution >= 4 is 22.4 Å². The van der Waals surface area contributed by atoms with Gasteiger partial charge in [0.05, 0.1) is 13.4 Å². The molecular formula is C28H26FNO3. The minimum atomic E-state index is -0.290. The molecule has 0 atom stereocenters. The van der Waals surface area contributed by atoms with Crippen LogP contribution in [0.25, 0.3) is 27.7 Å². The average molecular weight is 444 g/mol. The molecule has 0 saturated carbocycles. The summed E-state index contributed by atoms with van der Waals surface area (Å²) in [6.45, 7) is 4.37. The van der Waals surface area contributed by atoms with Gasteiger partial charge in [-0.25, -0.2) is 4.39 Å². The lowest BCUT2D eigenvalue weighted by molar-refractivity contribution is -0.116. The number of allylic oxidation sites excluding steroid dienone is 1. The Balaban J connectivity index is 1.63. The highest BCUT2D eigenvalue weighted by molar-refractivity contribution is 6.01. The molecule has 0 aliphatic heterocycles. The highest BCUT2D eigenvalue weighted by Crippen LogP contribution is 2.40. The van der Waals surface area contributed by atoms with Crippen LogP contribution in [-0.2, 0) is 11.2 Å². The van der Waals surface area contributed by atoms with E-state index in [1.54, 1.807) is 31.6 Å². The highest BCUT2D eigenvalue weighted by Gasteiger charge is 2.18. The zero-order valence-electron chi connectivity index (χ0n) is 18.9. The number of halogens is 1. The van der Waals surface area contributed by atoms with E-state index in [0.717, 1.165) is 39.6 Å². The number of aryl methyl sites for hydroxylation is 1. The quantitative estimate of drug-likeness (QED) is 0.340. The highest BCUT2D eigenvalue weighted by atomic mass is 19.1. The summed E-state index contributed by atoms with van der Waals surface area (Å²) < 4.78 is 24.9. The molecule has 0 bridgehead atoms. The number of rotatable bonds is 7. The van der Waals surface area contributed by atoms with Gasteiger partial charge in [0.2, 0.25) is 5.91 Å². The van der Waals surface area contributed by atoms with Crippen LogP contribution in [0.15, 0.2) is 77.4 Å². The maximum atomic E-state index is 13.4. The van der Waals surface area contributed by atoms with Crippen LogP contribution in [0.2, 0.25) is 0 Å². The Labute approximate surface area is 192 Å². The lowest BCUT2D eigenvalue weighted by Crippen LogP contribution is -2.23. The molecule has 0 aliphatic carbocycles.